The minimum Gasteiger partial charge on any atom is -0.468 e. The van der Waals surface area contributed by atoms with Crippen LogP contribution < -0.4 is 5.32 Å². The maximum atomic E-state index is 11.9. The van der Waals surface area contributed by atoms with E-state index in [-0.39, 0.29) is 5.97 Å². The highest BCUT2D eigenvalue weighted by Gasteiger charge is 2.39. The van der Waals surface area contributed by atoms with Gasteiger partial charge in [0.05, 0.1) is 13.7 Å². The van der Waals surface area contributed by atoms with E-state index >= 15 is 0 Å². The number of nitrogens with one attached hydrogen (secondary N) is 1. The number of methoxy groups -OCH3 is 1. The Bertz CT molecular complexity index is 291. The van der Waals surface area contributed by atoms with Gasteiger partial charge in [-0.1, -0.05) is 33.1 Å². The van der Waals surface area contributed by atoms with E-state index in [2.05, 4.69) is 19.2 Å². The smallest absolute Gasteiger partial charge is 0.328 e. The molecule has 0 aromatic rings. The van der Waals surface area contributed by atoms with Crippen molar-refractivity contribution in [2.75, 3.05) is 20.3 Å². The van der Waals surface area contributed by atoms with E-state index in [1.807, 2.05) is 6.92 Å². The van der Waals surface area contributed by atoms with E-state index in [1.165, 1.54) is 26.4 Å². The highest BCUT2D eigenvalue weighted by Crippen LogP contribution is 2.23. The van der Waals surface area contributed by atoms with Crippen LogP contribution in [0.15, 0.2) is 0 Å². The summed E-state index contributed by atoms with van der Waals surface area (Å²) in [4.78, 5) is 11.9. The van der Waals surface area contributed by atoms with Crippen LogP contribution in [-0.2, 0) is 14.3 Å². The second kappa shape index (κ2) is 8.63. The fourth-order valence-electron chi connectivity index (χ4n) is 2.39. The number of hydrogen-bond donors (Lipinski definition) is 1. The highest BCUT2D eigenvalue weighted by molar-refractivity contribution is 5.80. The first kappa shape index (κ1) is 17.4. The molecule has 0 saturated heterocycles. The van der Waals surface area contributed by atoms with Crippen LogP contribution in [-0.4, -0.2) is 37.9 Å². The third-order valence-corrected chi connectivity index (χ3v) is 4.02. The lowest BCUT2D eigenvalue weighted by Crippen LogP contribution is -2.54. The van der Waals surface area contributed by atoms with Crippen molar-refractivity contribution in [3.63, 3.8) is 0 Å². The Morgan fingerprint density at radius 3 is 2.60 bits per heavy atom. The summed E-state index contributed by atoms with van der Waals surface area (Å²) in [5, 5.41) is 3.35. The van der Waals surface area contributed by atoms with Crippen LogP contribution in [0.1, 0.15) is 59.3 Å². The first-order chi connectivity index (χ1) is 9.55. The van der Waals surface area contributed by atoms with Crippen molar-refractivity contribution in [1.29, 1.82) is 0 Å². The van der Waals surface area contributed by atoms with Crippen LogP contribution in [0.3, 0.4) is 0 Å². The molecule has 0 aromatic heterocycles. The third kappa shape index (κ3) is 5.80. The molecular formula is C16H31NO3. The van der Waals surface area contributed by atoms with E-state index in [9.17, 15) is 4.79 Å². The van der Waals surface area contributed by atoms with E-state index in [0.717, 1.165) is 25.9 Å². The Hall–Kier alpha value is -0.610. The summed E-state index contributed by atoms with van der Waals surface area (Å²) in [7, 11) is 1.44. The van der Waals surface area contributed by atoms with Gasteiger partial charge in [-0.05, 0) is 32.1 Å². The number of esters is 1. The van der Waals surface area contributed by atoms with Crippen molar-refractivity contribution in [2.45, 2.75) is 70.9 Å². The average Bonchev–Trinajstić information content (AvgIpc) is 3.25. The molecule has 2 unspecified atom stereocenters. The van der Waals surface area contributed by atoms with Crippen LogP contribution >= 0.6 is 0 Å². The zero-order valence-electron chi connectivity index (χ0n) is 13.5. The van der Waals surface area contributed by atoms with Gasteiger partial charge < -0.3 is 9.47 Å². The SMILES string of the molecule is CCCCC(CC)COCC(C)(NC1CC1)C(=O)OC. The van der Waals surface area contributed by atoms with Crippen molar-refractivity contribution < 1.29 is 14.3 Å². The molecule has 20 heavy (non-hydrogen) atoms. The van der Waals surface area contributed by atoms with Crippen molar-refractivity contribution in [2.24, 2.45) is 5.92 Å². The number of carbonyl (C=O) groups is 1. The van der Waals surface area contributed by atoms with E-state index < -0.39 is 5.54 Å². The third-order valence-electron chi connectivity index (χ3n) is 4.02. The predicted octanol–water partition coefficient (Wildman–Crippen LogP) is 2.90. The molecule has 0 bridgehead atoms. The zero-order chi connectivity index (χ0) is 15.0. The summed E-state index contributed by atoms with van der Waals surface area (Å²) in [5.41, 5.74) is -0.709. The van der Waals surface area contributed by atoms with Crippen molar-refractivity contribution in [3.05, 3.63) is 0 Å². The molecule has 1 rings (SSSR count). The predicted molar refractivity (Wildman–Crippen MR) is 80.7 cm³/mol. The van der Waals surface area contributed by atoms with E-state index in [0.29, 0.717) is 18.6 Å². The summed E-state index contributed by atoms with van der Waals surface area (Å²) >= 11 is 0. The molecule has 2 atom stereocenters. The molecule has 1 N–H and O–H groups in total. The van der Waals surface area contributed by atoms with Crippen molar-refractivity contribution in [1.82, 2.24) is 5.32 Å². The molecule has 0 heterocycles. The molecule has 0 aliphatic heterocycles. The summed E-state index contributed by atoms with van der Waals surface area (Å²) < 4.78 is 10.7. The van der Waals surface area contributed by atoms with Gasteiger partial charge in [-0.2, -0.15) is 0 Å². The van der Waals surface area contributed by atoms with E-state index in [1.54, 1.807) is 0 Å². The van der Waals surface area contributed by atoms with Crippen LogP contribution in [0.2, 0.25) is 0 Å². The monoisotopic (exact) mass is 285 g/mol. The van der Waals surface area contributed by atoms with Crippen molar-refractivity contribution >= 4 is 5.97 Å². The molecule has 1 saturated carbocycles. The molecule has 1 fully saturated rings. The van der Waals surface area contributed by atoms with Crippen LogP contribution in [0.4, 0.5) is 0 Å². The Balaban J connectivity index is 2.38. The van der Waals surface area contributed by atoms with E-state index in [4.69, 9.17) is 9.47 Å². The number of rotatable bonds is 11. The topological polar surface area (TPSA) is 47.6 Å². The minimum absolute atomic E-state index is 0.231. The van der Waals surface area contributed by atoms with Gasteiger partial charge in [0.2, 0.25) is 0 Å². The summed E-state index contributed by atoms with van der Waals surface area (Å²) in [5.74, 6) is 0.365. The Morgan fingerprint density at radius 1 is 1.40 bits per heavy atom. The zero-order valence-corrected chi connectivity index (χ0v) is 13.5. The highest BCUT2D eigenvalue weighted by atomic mass is 16.5. The molecule has 118 valence electrons. The Labute approximate surface area is 123 Å². The summed E-state index contributed by atoms with van der Waals surface area (Å²) in [6, 6.07) is 0.449. The molecule has 1 aliphatic carbocycles. The number of unbranched alkanes of at least 4 members (excludes halogenated alkanes) is 1. The minimum atomic E-state index is -0.709. The van der Waals surface area contributed by atoms with Crippen LogP contribution in [0.25, 0.3) is 0 Å². The molecule has 0 radical (unpaired) electrons. The van der Waals surface area contributed by atoms with Gasteiger partial charge in [-0.15, -0.1) is 0 Å². The molecule has 0 aromatic carbocycles. The van der Waals surface area contributed by atoms with Crippen LogP contribution in [0, 0.1) is 5.92 Å². The molecule has 1 aliphatic rings. The second-order valence-electron chi connectivity index (χ2n) is 6.17. The normalized spacial score (nSPS) is 19.4. The van der Waals surface area contributed by atoms with Crippen molar-refractivity contribution in [3.8, 4) is 0 Å². The van der Waals surface area contributed by atoms with Gasteiger partial charge in [0.1, 0.15) is 5.54 Å². The largest absolute Gasteiger partial charge is 0.468 e. The molecule has 0 amide bonds. The molecule has 0 spiro atoms. The lowest BCUT2D eigenvalue weighted by atomic mass is 10.00. The summed E-state index contributed by atoms with van der Waals surface area (Å²) in [6.45, 7) is 7.41. The fraction of sp³-hybridized carbons (Fsp3) is 0.938. The lowest BCUT2D eigenvalue weighted by Gasteiger charge is -2.28. The first-order valence-corrected chi connectivity index (χ1v) is 7.99. The maximum absolute atomic E-state index is 11.9. The quantitative estimate of drug-likeness (QED) is 0.593. The van der Waals surface area contributed by atoms with Gasteiger partial charge in [0.25, 0.3) is 0 Å². The second-order valence-corrected chi connectivity index (χ2v) is 6.17. The Morgan fingerprint density at radius 2 is 2.10 bits per heavy atom. The van der Waals surface area contributed by atoms with Gasteiger partial charge in [-0.3, -0.25) is 5.32 Å². The summed E-state index contributed by atoms with van der Waals surface area (Å²) in [6.07, 6.45) is 7.08. The maximum Gasteiger partial charge on any atom is 0.328 e. The fourth-order valence-corrected chi connectivity index (χ4v) is 2.39. The lowest BCUT2D eigenvalue weighted by molar-refractivity contribution is -0.151. The van der Waals surface area contributed by atoms with Gasteiger partial charge in [0.15, 0.2) is 0 Å². The standard InChI is InChI=1S/C16H31NO3/c1-5-7-8-13(6-2)11-20-12-16(3,15(18)19-4)17-14-9-10-14/h13-14,17H,5-12H2,1-4H3. The first-order valence-electron chi connectivity index (χ1n) is 7.99. The molecule has 4 nitrogen and oxygen atoms in total. The number of hydrogen-bond acceptors (Lipinski definition) is 4. The average molecular weight is 285 g/mol. The van der Waals surface area contributed by atoms with Crippen LogP contribution in [0.5, 0.6) is 0 Å². The number of carbonyl (C=O) groups excluding carboxylic acids is 1. The molecular weight excluding hydrogens is 254 g/mol. The van der Waals surface area contributed by atoms with Gasteiger partial charge in [0, 0.05) is 12.6 Å². The van der Waals surface area contributed by atoms with Gasteiger partial charge >= 0.3 is 5.97 Å². The van der Waals surface area contributed by atoms with Gasteiger partial charge in [-0.25, -0.2) is 4.79 Å². The molecule has 4 heteroatoms. The Kier molecular flexibility index (Phi) is 7.52. The number of ether oxygens (including phenoxy) is 2.